The molecule has 1 saturated carbocycles. The Bertz CT molecular complexity index is 1650. The maximum absolute atomic E-state index is 15.4. The number of piperazine rings is 1. The van der Waals surface area contributed by atoms with Gasteiger partial charge in [-0.15, -0.1) is 0 Å². The number of rotatable bonds is 13. The number of anilines is 1. The maximum atomic E-state index is 15.4. The summed E-state index contributed by atoms with van der Waals surface area (Å²) >= 11 is 0. The van der Waals surface area contributed by atoms with E-state index in [0.29, 0.717) is 37.6 Å². The van der Waals surface area contributed by atoms with Crippen LogP contribution in [0.4, 0.5) is 23.2 Å². The minimum absolute atomic E-state index is 0.0639. The van der Waals surface area contributed by atoms with Crippen LogP contribution in [0.3, 0.4) is 0 Å². The van der Waals surface area contributed by atoms with Crippen LogP contribution in [-0.4, -0.2) is 67.8 Å². The number of hydrogen-bond acceptors (Lipinski definition) is 6. The fraction of sp³-hybridized carbons (Fsp3) is 0.441. The standard InChI is InChI=1S/C34H40F4N4O4S/c1-20(2)46-19-27-18-40-17-26(42(27)47(44,45)28-11-12-28)10-13-29-30(38)4-3-5-31(29)41-34(43)33(39)32(21-6-8-23(35)9-7-21)22-14-24(36)16-25(37)15-22/h3-9,14-16,20,26-28,32-33,40H,10-13,17-19,39H2,1-2H3,(H,41,43)/t26-,27?,32?,33-/m0/s1. The molecule has 3 aromatic rings. The van der Waals surface area contributed by atoms with Gasteiger partial charge in [0.15, 0.2) is 0 Å². The van der Waals surface area contributed by atoms with Crippen molar-refractivity contribution in [2.24, 2.45) is 5.73 Å². The third kappa shape index (κ3) is 8.39. The number of nitrogens with zero attached hydrogens (tertiary/aromatic N) is 1. The van der Waals surface area contributed by atoms with E-state index in [2.05, 4.69) is 10.6 Å². The highest BCUT2D eigenvalue weighted by molar-refractivity contribution is 7.90. The van der Waals surface area contributed by atoms with Crippen LogP contribution >= 0.6 is 0 Å². The first-order valence-corrected chi connectivity index (χ1v) is 17.3. The second-order valence-electron chi connectivity index (χ2n) is 12.5. The SMILES string of the molecule is CC(C)OCC1CNC[C@H](CCc2c(F)cccc2NC(=O)[C@@H](N)C(c2ccc(F)cc2)c2cc(F)cc(F)c2)N1S(=O)(=O)C1CC1. The van der Waals surface area contributed by atoms with Crippen molar-refractivity contribution >= 4 is 21.6 Å². The lowest BCUT2D eigenvalue weighted by atomic mass is 9.84. The normalized spacial score (nSPS) is 20.3. The first kappa shape index (κ1) is 35.0. The van der Waals surface area contributed by atoms with Gasteiger partial charge in [-0.25, -0.2) is 26.0 Å². The zero-order chi connectivity index (χ0) is 33.9. The molecule has 13 heteroatoms. The highest BCUT2D eigenvalue weighted by Crippen LogP contribution is 2.35. The molecule has 1 amide bonds. The lowest BCUT2D eigenvalue weighted by molar-refractivity contribution is -0.117. The molecule has 1 aliphatic carbocycles. The summed E-state index contributed by atoms with van der Waals surface area (Å²) in [5.74, 6) is -4.73. The maximum Gasteiger partial charge on any atom is 0.242 e. The summed E-state index contributed by atoms with van der Waals surface area (Å²) in [6, 6.07) is 9.72. The topological polar surface area (TPSA) is 114 Å². The Morgan fingerprint density at radius 2 is 1.62 bits per heavy atom. The van der Waals surface area contributed by atoms with Crippen molar-refractivity contribution in [1.82, 2.24) is 9.62 Å². The van der Waals surface area contributed by atoms with Gasteiger partial charge in [0, 0.05) is 42.4 Å². The molecule has 1 heterocycles. The van der Waals surface area contributed by atoms with E-state index in [1.165, 1.54) is 30.3 Å². The average molecular weight is 677 g/mol. The van der Waals surface area contributed by atoms with Crippen molar-refractivity contribution in [2.45, 2.75) is 74.9 Å². The predicted octanol–water partition coefficient (Wildman–Crippen LogP) is 4.83. The molecule has 1 aliphatic heterocycles. The minimum atomic E-state index is -3.60. The number of nitrogens with one attached hydrogen (secondary N) is 2. The molecule has 3 aromatic carbocycles. The number of sulfonamides is 1. The van der Waals surface area contributed by atoms with Gasteiger partial charge in [-0.2, -0.15) is 4.31 Å². The van der Waals surface area contributed by atoms with Crippen LogP contribution in [0.15, 0.2) is 60.7 Å². The van der Waals surface area contributed by atoms with Crippen LogP contribution < -0.4 is 16.4 Å². The fourth-order valence-corrected chi connectivity index (χ4v) is 8.38. The molecule has 254 valence electrons. The zero-order valence-corrected chi connectivity index (χ0v) is 27.1. The molecule has 2 aliphatic rings. The molecule has 0 spiro atoms. The lowest BCUT2D eigenvalue weighted by Gasteiger charge is -2.42. The van der Waals surface area contributed by atoms with Crippen molar-refractivity contribution < 1.29 is 35.5 Å². The van der Waals surface area contributed by atoms with E-state index in [0.717, 1.165) is 24.3 Å². The summed E-state index contributed by atoms with van der Waals surface area (Å²) in [4.78, 5) is 13.6. The van der Waals surface area contributed by atoms with Crippen LogP contribution in [-0.2, 0) is 26.0 Å². The molecule has 5 rings (SSSR count). The Morgan fingerprint density at radius 1 is 0.957 bits per heavy atom. The summed E-state index contributed by atoms with van der Waals surface area (Å²) in [6.07, 6.45) is 1.46. The highest BCUT2D eigenvalue weighted by Gasteiger charge is 2.47. The molecule has 47 heavy (non-hydrogen) atoms. The first-order chi connectivity index (χ1) is 22.3. The van der Waals surface area contributed by atoms with Crippen LogP contribution in [0.1, 0.15) is 55.7 Å². The summed E-state index contributed by atoms with van der Waals surface area (Å²) in [5, 5.41) is 5.54. The van der Waals surface area contributed by atoms with E-state index >= 15 is 4.39 Å². The minimum Gasteiger partial charge on any atom is -0.377 e. The number of amides is 1. The van der Waals surface area contributed by atoms with Crippen molar-refractivity contribution in [3.05, 3.63) is 101 Å². The van der Waals surface area contributed by atoms with Gasteiger partial charge in [0.25, 0.3) is 0 Å². The van der Waals surface area contributed by atoms with Crippen LogP contribution in [0.5, 0.6) is 0 Å². The third-order valence-corrected chi connectivity index (χ3v) is 11.1. The Labute approximate surface area is 272 Å². The molecule has 4 N–H and O–H groups in total. The molecule has 0 aromatic heterocycles. The van der Waals surface area contributed by atoms with Crippen molar-refractivity contribution in [3.63, 3.8) is 0 Å². The molecule has 0 bridgehead atoms. The highest BCUT2D eigenvalue weighted by atomic mass is 32.2. The van der Waals surface area contributed by atoms with Gasteiger partial charge in [-0.05, 0) is 87.1 Å². The number of carbonyl (C=O) groups is 1. The van der Waals surface area contributed by atoms with Gasteiger partial charge < -0.3 is 21.1 Å². The van der Waals surface area contributed by atoms with Gasteiger partial charge in [0.2, 0.25) is 15.9 Å². The number of nitrogens with two attached hydrogens (primary N) is 1. The third-order valence-electron chi connectivity index (χ3n) is 8.58. The average Bonchev–Trinajstić information content (AvgIpc) is 3.87. The molecule has 0 radical (unpaired) electrons. The largest absolute Gasteiger partial charge is 0.377 e. The molecule has 2 unspecified atom stereocenters. The van der Waals surface area contributed by atoms with Crippen molar-refractivity contribution in [3.8, 4) is 0 Å². The van der Waals surface area contributed by atoms with E-state index in [-0.39, 0.29) is 42.4 Å². The van der Waals surface area contributed by atoms with E-state index in [4.69, 9.17) is 10.5 Å². The van der Waals surface area contributed by atoms with Gasteiger partial charge in [0.05, 0.1) is 30.0 Å². The van der Waals surface area contributed by atoms with E-state index in [1.54, 1.807) is 4.31 Å². The molecule has 8 nitrogen and oxygen atoms in total. The second-order valence-corrected chi connectivity index (χ2v) is 14.6. The lowest BCUT2D eigenvalue weighted by Crippen LogP contribution is -2.61. The van der Waals surface area contributed by atoms with E-state index in [1.807, 2.05) is 13.8 Å². The second kappa shape index (κ2) is 14.8. The van der Waals surface area contributed by atoms with Crippen LogP contribution in [0.25, 0.3) is 0 Å². The van der Waals surface area contributed by atoms with Gasteiger partial charge in [-0.1, -0.05) is 18.2 Å². The Morgan fingerprint density at radius 3 is 2.26 bits per heavy atom. The Balaban J connectivity index is 1.38. The van der Waals surface area contributed by atoms with E-state index < -0.39 is 68.5 Å². The molecular formula is C34H40F4N4O4S. The zero-order valence-electron chi connectivity index (χ0n) is 26.3. The van der Waals surface area contributed by atoms with Crippen LogP contribution in [0.2, 0.25) is 0 Å². The van der Waals surface area contributed by atoms with E-state index in [9.17, 15) is 26.4 Å². The smallest absolute Gasteiger partial charge is 0.242 e. The number of hydrogen-bond donors (Lipinski definition) is 3. The van der Waals surface area contributed by atoms with Crippen molar-refractivity contribution in [2.75, 3.05) is 25.0 Å². The number of carbonyl (C=O) groups excluding carboxylic acids is 1. The fourth-order valence-electron chi connectivity index (χ4n) is 6.15. The van der Waals surface area contributed by atoms with Gasteiger partial charge in [0.1, 0.15) is 23.3 Å². The number of benzene rings is 3. The Hall–Kier alpha value is -3.36. The summed E-state index contributed by atoms with van der Waals surface area (Å²) < 4.78 is 92.0. The molecular weight excluding hydrogens is 636 g/mol. The van der Waals surface area contributed by atoms with Crippen molar-refractivity contribution in [1.29, 1.82) is 0 Å². The van der Waals surface area contributed by atoms with Gasteiger partial charge >= 0.3 is 0 Å². The summed E-state index contributed by atoms with van der Waals surface area (Å²) in [6.45, 7) is 4.78. The molecule has 4 atom stereocenters. The summed E-state index contributed by atoms with van der Waals surface area (Å²) in [5.41, 5.74) is 7.12. The molecule has 1 saturated heterocycles. The monoisotopic (exact) mass is 676 g/mol. The van der Waals surface area contributed by atoms with Crippen LogP contribution in [0, 0.1) is 23.3 Å². The number of ether oxygens (including phenoxy) is 1. The Kier molecular flexibility index (Phi) is 11.0. The number of halogens is 4. The van der Waals surface area contributed by atoms with Gasteiger partial charge in [-0.3, -0.25) is 4.79 Å². The summed E-state index contributed by atoms with van der Waals surface area (Å²) in [7, 11) is -3.60. The first-order valence-electron chi connectivity index (χ1n) is 15.7. The quantitative estimate of drug-likeness (QED) is 0.224. The predicted molar refractivity (Wildman–Crippen MR) is 171 cm³/mol. The molecule has 2 fully saturated rings.